The molecule has 2 rings (SSSR count). The van der Waals surface area contributed by atoms with E-state index in [4.69, 9.17) is 4.74 Å². The van der Waals surface area contributed by atoms with Crippen molar-refractivity contribution in [2.45, 2.75) is 25.7 Å². The van der Waals surface area contributed by atoms with Gasteiger partial charge in [-0.1, -0.05) is 19.9 Å². The van der Waals surface area contributed by atoms with Gasteiger partial charge in [-0.15, -0.1) is 0 Å². The molecule has 1 amide bonds. The Bertz CT molecular complexity index is 986. The molecule has 2 aromatic rings. The lowest BCUT2D eigenvalue weighted by atomic mass is 10.2. The third-order valence-corrected chi connectivity index (χ3v) is 6.29. The minimum atomic E-state index is -3.62. The highest BCUT2D eigenvalue weighted by Gasteiger charge is 2.22. The Hall–Kier alpha value is -2.78. The zero-order valence-electron chi connectivity index (χ0n) is 16.4. The molecule has 0 radical (unpaired) electrons. The molecule has 0 saturated carbocycles. The number of nitrogens with zero attached hydrogens (tertiary/aromatic N) is 1. The molecule has 0 atom stereocenters. The second-order valence-corrected chi connectivity index (χ2v) is 8.14. The van der Waals surface area contributed by atoms with Crippen LogP contribution in [-0.4, -0.2) is 44.3 Å². The molecule has 0 aliphatic rings. The van der Waals surface area contributed by atoms with Gasteiger partial charge in [0.05, 0.1) is 10.5 Å². The Morgan fingerprint density at radius 3 is 2.24 bits per heavy atom. The van der Waals surface area contributed by atoms with Gasteiger partial charge < -0.3 is 10.1 Å². The average Bonchev–Trinajstić information content (AvgIpc) is 2.70. The standard InChI is InChI=1S/C20H23FN2O5S/c1-4-23(5-2)29(26,27)17-10-7-15(8-11-17)20(25)28-13-19(24)22-16-9-6-14(3)18(21)12-16/h6-12H,4-5,13H2,1-3H3,(H,22,24). The second kappa shape index (κ2) is 9.62. The second-order valence-electron chi connectivity index (χ2n) is 6.20. The van der Waals surface area contributed by atoms with Gasteiger partial charge >= 0.3 is 5.97 Å². The number of halogens is 1. The molecule has 0 fully saturated rings. The highest BCUT2D eigenvalue weighted by Crippen LogP contribution is 2.17. The summed E-state index contributed by atoms with van der Waals surface area (Å²) < 4.78 is 44.6. The number of anilines is 1. The van der Waals surface area contributed by atoms with Crippen LogP contribution in [0.4, 0.5) is 10.1 Å². The van der Waals surface area contributed by atoms with Crippen molar-refractivity contribution >= 4 is 27.6 Å². The van der Waals surface area contributed by atoms with Gasteiger partial charge in [0.15, 0.2) is 6.61 Å². The SMILES string of the molecule is CCN(CC)S(=O)(=O)c1ccc(C(=O)OCC(=O)Nc2ccc(C)c(F)c2)cc1. The van der Waals surface area contributed by atoms with Crippen LogP contribution in [0.5, 0.6) is 0 Å². The van der Waals surface area contributed by atoms with Crippen LogP contribution in [0.1, 0.15) is 29.8 Å². The Labute approximate surface area is 169 Å². The van der Waals surface area contributed by atoms with Gasteiger partial charge in [0, 0.05) is 18.8 Å². The molecule has 7 nitrogen and oxygen atoms in total. The molecule has 0 unspecified atom stereocenters. The van der Waals surface area contributed by atoms with Crippen LogP contribution >= 0.6 is 0 Å². The molecule has 0 aliphatic heterocycles. The summed E-state index contributed by atoms with van der Waals surface area (Å²) in [6.45, 7) is 5.19. The van der Waals surface area contributed by atoms with Crippen molar-refractivity contribution in [2.24, 2.45) is 0 Å². The molecule has 0 aromatic heterocycles. The first kappa shape index (κ1) is 22.5. The monoisotopic (exact) mass is 422 g/mol. The number of hydrogen-bond acceptors (Lipinski definition) is 5. The lowest BCUT2D eigenvalue weighted by molar-refractivity contribution is -0.119. The molecule has 0 bridgehead atoms. The highest BCUT2D eigenvalue weighted by atomic mass is 32.2. The van der Waals surface area contributed by atoms with E-state index in [9.17, 15) is 22.4 Å². The molecule has 0 heterocycles. The number of amides is 1. The predicted molar refractivity (Wildman–Crippen MR) is 107 cm³/mol. The summed E-state index contributed by atoms with van der Waals surface area (Å²) in [5.74, 6) is -1.86. The van der Waals surface area contributed by atoms with Crippen molar-refractivity contribution in [3.63, 3.8) is 0 Å². The lowest BCUT2D eigenvalue weighted by Gasteiger charge is -2.18. The smallest absolute Gasteiger partial charge is 0.338 e. The Morgan fingerprint density at radius 1 is 1.07 bits per heavy atom. The molecule has 0 saturated heterocycles. The number of aryl methyl sites for hydroxylation is 1. The van der Waals surface area contributed by atoms with E-state index in [2.05, 4.69) is 5.32 Å². The number of hydrogen-bond donors (Lipinski definition) is 1. The van der Waals surface area contributed by atoms with Gasteiger partial charge in [0.25, 0.3) is 5.91 Å². The number of rotatable bonds is 8. The first-order chi connectivity index (χ1) is 13.7. The molecule has 1 N–H and O–H groups in total. The Morgan fingerprint density at radius 2 is 1.69 bits per heavy atom. The molecule has 156 valence electrons. The summed E-state index contributed by atoms with van der Waals surface area (Å²) >= 11 is 0. The van der Waals surface area contributed by atoms with Crippen molar-refractivity contribution in [2.75, 3.05) is 25.0 Å². The van der Waals surface area contributed by atoms with Gasteiger partial charge in [-0.05, 0) is 48.9 Å². The fourth-order valence-electron chi connectivity index (χ4n) is 2.56. The molecule has 2 aromatic carbocycles. The first-order valence-corrected chi connectivity index (χ1v) is 10.5. The molecular formula is C20H23FN2O5S. The van der Waals surface area contributed by atoms with Crippen molar-refractivity contribution in [3.05, 3.63) is 59.4 Å². The summed E-state index contributed by atoms with van der Waals surface area (Å²) in [6.07, 6.45) is 0. The van der Waals surface area contributed by atoms with E-state index < -0.39 is 34.3 Å². The van der Waals surface area contributed by atoms with E-state index in [0.29, 0.717) is 18.7 Å². The normalized spacial score (nSPS) is 11.3. The predicted octanol–water partition coefficient (Wildman–Crippen LogP) is 2.96. The molecule has 29 heavy (non-hydrogen) atoms. The number of ether oxygens (including phenoxy) is 1. The fourth-order valence-corrected chi connectivity index (χ4v) is 4.02. The first-order valence-electron chi connectivity index (χ1n) is 9.02. The van der Waals surface area contributed by atoms with Crippen molar-refractivity contribution < 1.29 is 27.1 Å². The van der Waals surface area contributed by atoms with Gasteiger partial charge in [0.1, 0.15) is 5.82 Å². The average molecular weight is 422 g/mol. The van der Waals surface area contributed by atoms with E-state index in [1.54, 1.807) is 20.8 Å². The third-order valence-electron chi connectivity index (χ3n) is 4.22. The summed E-state index contributed by atoms with van der Waals surface area (Å²) in [5, 5.41) is 2.43. The summed E-state index contributed by atoms with van der Waals surface area (Å²) in [4.78, 5) is 24.0. The maximum Gasteiger partial charge on any atom is 0.338 e. The van der Waals surface area contributed by atoms with E-state index in [0.717, 1.165) is 0 Å². The number of benzene rings is 2. The van der Waals surface area contributed by atoms with E-state index in [1.807, 2.05) is 0 Å². The Kier molecular flexibility index (Phi) is 7.46. The summed E-state index contributed by atoms with van der Waals surface area (Å²) in [6, 6.07) is 9.51. The zero-order valence-corrected chi connectivity index (χ0v) is 17.3. The minimum absolute atomic E-state index is 0.0666. The fraction of sp³-hybridized carbons (Fsp3) is 0.300. The van der Waals surface area contributed by atoms with E-state index >= 15 is 0 Å². The van der Waals surface area contributed by atoms with Crippen LogP contribution in [-0.2, 0) is 19.6 Å². The van der Waals surface area contributed by atoms with Crippen molar-refractivity contribution in [3.8, 4) is 0 Å². The minimum Gasteiger partial charge on any atom is -0.452 e. The largest absolute Gasteiger partial charge is 0.452 e. The maximum absolute atomic E-state index is 13.5. The van der Waals surface area contributed by atoms with Crippen molar-refractivity contribution in [1.29, 1.82) is 0 Å². The van der Waals surface area contributed by atoms with Gasteiger partial charge in [-0.2, -0.15) is 4.31 Å². The zero-order chi connectivity index (χ0) is 21.6. The topological polar surface area (TPSA) is 92.8 Å². The Balaban J connectivity index is 1.97. The number of carbonyl (C=O) groups excluding carboxylic acids is 2. The lowest BCUT2D eigenvalue weighted by Crippen LogP contribution is -2.30. The van der Waals surface area contributed by atoms with Crippen LogP contribution in [0, 0.1) is 12.7 Å². The van der Waals surface area contributed by atoms with Gasteiger partial charge in [0.2, 0.25) is 10.0 Å². The van der Waals surface area contributed by atoms with Crippen LogP contribution in [0.2, 0.25) is 0 Å². The van der Waals surface area contributed by atoms with E-state index in [1.165, 1.54) is 46.8 Å². The van der Waals surface area contributed by atoms with E-state index in [-0.39, 0.29) is 16.1 Å². The molecule has 0 spiro atoms. The molecular weight excluding hydrogens is 399 g/mol. The van der Waals surface area contributed by atoms with Gasteiger partial charge in [-0.3, -0.25) is 4.79 Å². The highest BCUT2D eigenvalue weighted by molar-refractivity contribution is 7.89. The van der Waals surface area contributed by atoms with Crippen LogP contribution in [0.3, 0.4) is 0 Å². The number of sulfonamides is 1. The van der Waals surface area contributed by atoms with Crippen LogP contribution in [0.15, 0.2) is 47.4 Å². The molecule has 9 heteroatoms. The number of carbonyl (C=O) groups is 2. The third kappa shape index (κ3) is 5.61. The van der Waals surface area contributed by atoms with Crippen molar-refractivity contribution in [1.82, 2.24) is 4.31 Å². The summed E-state index contributed by atoms with van der Waals surface area (Å²) in [7, 11) is -3.62. The van der Waals surface area contributed by atoms with Gasteiger partial charge in [-0.25, -0.2) is 17.6 Å². The quantitative estimate of drug-likeness (QED) is 0.661. The number of nitrogens with one attached hydrogen (secondary N) is 1. The van der Waals surface area contributed by atoms with Crippen LogP contribution < -0.4 is 5.32 Å². The summed E-state index contributed by atoms with van der Waals surface area (Å²) in [5.41, 5.74) is 0.804. The number of esters is 1. The maximum atomic E-state index is 13.5. The molecule has 0 aliphatic carbocycles. The van der Waals surface area contributed by atoms with Crippen LogP contribution in [0.25, 0.3) is 0 Å².